The second-order valence-corrected chi connectivity index (χ2v) is 8.01. The maximum atomic E-state index is 13.2. The number of hydrogen-bond acceptors (Lipinski definition) is 5. The molecule has 2 rings (SSSR count). The molecular weight excluding hydrogens is 356 g/mol. The molecule has 0 unspecified atom stereocenters. The van der Waals surface area contributed by atoms with E-state index < -0.39 is 11.6 Å². The summed E-state index contributed by atoms with van der Waals surface area (Å²) < 4.78 is 7.13. The van der Waals surface area contributed by atoms with E-state index in [-0.39, 0.29) is 12.5 Å². The van der Waals surface area contributed by atoms with E-state index in [1.807, 2.05) is 77.0 Å². The molecule has 0 fully saturated rings. The van der Waals surface area contributed by atoms with Gasteiger partial charge in [0.15, 0.2) is 0 Å². The predicted molar refractivity (Wildman–Crippen MR) is 109 cm³/mol. The molecule has 0 aliphatic carbocycles. The van der Waals surface area contributed by atoms with E-state index in [1.54, 1.807) is 10.9 Å². The molecule has 0 atom stereocenters. The zero-order chi connectivity index (χ0) is 20.9. The molecule has 152 valence electrons. The molecule has 0 saturated carbocycles. The van der Waals surface area contributed by atoms with Crippen LogP contribution in [0.5, 0.6) is 0 Å². The number of ether oxygens (including phenoxy) is 1. The van der Waals surface area contributed by atoms with Crippen molar-refractivity contribution in [3.63, 3.8) is 0 Å². The highest BCUT2D eigenvalue weighted by Crippen LogP contribution is 2.16. The van der Waals surface area contributed by atoms with Crippen molar-refractivity contribution in [3.05, 3.63) is 47.8 Å². The summed E-state index contributed by atoms with van der Waals surface area (Å²) in [5.41, 5.74) is 1.49. The first-order chi connectivity index (χ1) is 13.1. The molecule has 1 aromatic carbocycles. The fraction of sp³-hybridized carbons (Fsp3) is 0.476. The third kappa shape index (κ3) is 5.92. The molecule has 0 aliphatic rings. The molecule has 1 amide bonds. The summed E-state index contributed by atoms with van der Waals surface area (Å²) in [5.74, 6) is -0.653. The second-order valence-electron chi connectivity index (χ2n) is 8.01. The van der Waals surface area contributed by atoms with Gasteiger partial charge in [-0.2, -0.15) is 5.10 Å². The van der Waals surface area contributed by atoms with E-state index in [1.165, 1.54) is 4.90 Å². The van der Waals surface area contributed by atoms with Gasteiger partial charge in [-0.25, -0.2) is 4.68 Å². The average Bonchev–Trinajstić information content (AvgIpc) is 2.98. The van der Waals surface area contributed by atoms with Crippen LogP contribution in [0.3, 0.4) is 0 Å². The Morgan fingerprint density at radius 1 is 1.11 bits per heavy atom. The average molecular weight is 386 g/mol. The lowest BCUT2D eigenvalue weighted by Gasteiger charge is -2.26. The smallest absolute Gasteiger partial charge is 0.326 e. The number of carbonyl (C=O) groups is 2. The minimum absolute atomic E-state index is 0.0973. The van der Waals surface area contributed by atoms with Crippen LogP contribution in [-0.2, 0) is 9.53 Å². The van der Waals surface area contributed by atoms with Crippen molar-refractivity contribution in [1.82, 2.24) is 19.6 Å². The van der Waals surface area contributed by atoms with Crippen LogP contribution in [0, 0.1) is 6.92 Å². The highest BCUT2D eigenvalue weighted by Gasteiger charge is 2.25. The third-order valence-corrected chi connectivity index (χ3v) is 4.09. The summed E-state index contributed by atoms with van der Waals surface area (Å²) in [6.45, 7) is 8.24. The number of carbonyl (C=O) groups excluding carboxylic acids is 2. The molecule has 0 saturated heterocycles. The molecule has 0 radical (unpaired) electrons. The first kappa shape index (κ1) is 21.6. The van der Waals surface area contributed by atoms with Crippen LogP contribution >= 0.6 is 0 Å². The third-order valence-electron chi connectivity index (χ3n) is 4.09. The quantitative estimate of drug-likeness (QED) is 0.684. The van der Waals surface area contributed by atoms with Crippen LogP contribution in [0.4, 0.5) is 0 Å². The van der Waals surface area contributed by atoms with Crippen molar-refractivity contribution < 1.29 is 14.3 Å². The van der Waals surface area contributed by atoms with E-state index in [0.29, 0.717) is 18.7 Å². The summed E-state index contributed by atoms with van der Waals surface area (Å²) in [6.07, 6.45) is 1.56. The minimum Gasteiger partial charge on any atom is -0.459 e. The van der Waals surface area contributed by atoms with Gasteiger partial charge in [-0.15, -0.1) is 0 Å². The van der Waals surface area contributed by atoms with Gasteiger partial charge in [-0.1, -0.05) is 18.2 Å². The van der Waals surface area contributed by atoms with Crippen molar-refractivity contribution in [2.24, 2.45) is 0 Å². The minimum atomic E-state index is -0.596. The SMILES string of the molecule is Cc1c(C(=O)N(CCN(C)C)CC(=O)OC(C)(C)C)cnn1-c1ccccc1. The monoisotopic (exact) mass is 386 g/mol. The summed E-state index contributed by atoms with van der Waals surface area (Å²) in [5, 5.41) is 4.37. The molecule has 0 aliphatic heterocycles. The number of rotatable bonds is 7. The Balaban J connectivity index is 2.24. The molecule has 7 nitrogen and oxygen atoms in total. The number of hydrogen-bond donors (Lipinski definition) is 0. The number of nitrogens with zero attached hydrogens (tertiary/aromatic N) is 4. The lowest BCUT2D eigenvalue weighted by Crippen LogP contribution is -2.42. The zero-order valence-corrected chi connectivity index (χ0v) is 17.6. The summed E-state index contributed by atoms with van der Waals surface area (Å²) in [4.78, 5) is 29.0. The second kappa shape index (κ2) is 9.01. The maximum Gasteiger partial charge on any atom is 0.326 e. The number of benzene rings is 1. The summed E-state index contributed by atoms with van der Waals surface area (Å²) >= 11 is 0. The Bertz CT molecular complexity index is 807. The van der Waals surface area contributed by atoms with Gasteiger partial charge in [-0.3, -0.25) is 9.59 Å². The first-order valence-corrected chi connectivity index (χ1v) is 9.34. The van der Waals surface area contributed by atoms with E-state index in [4.69, 9.17) is 4.74 Å². The molecule has 7 heteroatoms. The maximum absolute atomic E-state index is 13.2. The number of amides is 1. The van der Waals surface area contributed by atoms with Crippen LogP contribution in [0.1, 0.15) is 36.8 Å². The van der Waals surface area contributed by atoms with E-state index in [2.05, 4.69) is 5.10 Å². The molecule has 1 heterocycles. The van der Waals surface area contributed by atoms with Crippen molar-refractivity contribution in [1.29, 1.82) is 0 Å². The lowest BCUT2D eigenvalue weighted by atomic mass is 10.2. The molecule has 0 spiro atoms. The zero-order valence-electron chi connectivity index (χ0n) is 17.6. The van der Waals surface area contributed by atoms with Crippen LogP contribution in [0.2, 0.25) is 0 Å². The Hall–Kier alpha value is -2.67. The molecule has 2 aromatic rings. The van der Waals surface area contributed by atoms with Crippen molar-refractivity contribution in [2.75, 3.05) is 33.7 Å². The summed E-state index contributed by atoms with van der Waals surface area (Å²) in [6, 6.07) is 9.63. The Labute approximate surface area is 166 Å². The number of likely N-dealkylation sites (N-methyl/N-ethyl adjacent to an activating group) is 1. The van der Waals surface area contributed by atoms with Gasteiger partial charge in [0.25, 0.3) is 5.91 Å². The predicted octanol–water partition coefficient (Wildman–Crippen LogP) is 2.53. The fourth-order valence-electron chi connectivity index (χ4n) is 2.72. The van der Waals surface area contributed by atoms with Gasteiger partial charge >= 0.3 is 5.97 Å². The standard InChI is InChI=1S/C21H30N4O3/c1-16-18(14-22-25(16)17-10-8-7-9-11-17)20(27)24(13-12-23(5)6)15-19(26)28-21(2,3)4/h7-11,14H,12-13,15H2,1-6H3. The lowest BCUT2D eigenvalue weighted by molar-refractivity contribution is -0.155. The Morgan fingerprint density at radius 3 is 2.32 bits per heavy atom. The molecule has 28 heavy (non-hydrogen) atoms. The first-order valence-electron chi connectivity index (χ1n) is 9.34. The molecule has 1 aromatic heterocycles. The largest absolute Gasteiger partial charge is 0.459 e. The number of aromatic nitrogens is 2. The van der Waals surface area contributed by atoms with Gasteiger partial charge in [0, 0.05) is 13.1 Å². The van der Waals surface area contributed by atoms with Gasteiger partial charge in [0.05, 0.1) is 23.1 Å². The molecule has 0 bridgehead atoms. The van der Waals surface area contributed by atoms with Gasteiger partial charge < -0.3 is 14.5 Å². The van der Waals surface area contributed by atoms with E-state index >= 15 is 0 Å². The van der Waals surface area contributed by atoms with Crippen molar-refractivity contribution in [2.45, 2.75) is 33.3 Å². The van der Waals surface area contributed by atoms with E-state index in [9.17, 15) is 9.59 Å². The van der Waals surface area contributed by atoms with Gasteiger partial charge in [0.1, 0.15) is 12.1 Å². The van der Waals surface area contributed by atoms with Crippen molar-refractivity contribution in [3.8, 4) is 5.69 Å². The highest BCUT2D eigenvalue weighted by molar-refractivity contribution is 5.97. The Morgan fingerprint density at radius 2 is 1.75 bits per heavy atom. The van der Waals surface area contributed by atoms with Crippen LogP contribution in [0.25, 0.3) is 5.69 Å². The van der Waals surface area contributed by atoms with Gasteiger partial charge in [0.2, 0.25) is 0 Å². The number of esters is 1. The highest BCUT2D eigenvalue weighted by atomic mass is 16.6. The van der Waals surface area contributed by atoms with Crippen LogP contribution in [-0.4, -0.2) is 70.8 Å². The molecule has 0 N–H and O–H groups in total. The Kier molecular flexibility index (Phi) is 6.96. The number of para-hydroxylation sites is 1. The van der Waals surface area contributed by atoms with E-state index in [0.717, 1.165) is 11.4 Å². The van der Waals surface area contributed by atoms with Crippen molar-refractivity contribution >= 4 is 11.9 Å². The van der Waals surface area contributed by atoms with Crippen LogP contribution in [0.15, 0.2) is 36.5 Å². The molecular formula is C21H30N4O3. The van der Waals surface area contributed by atoms with Gasteiger partial charge in [-0.05, 0) is 53.9 Å². The fourth-order valence-corrected chi connectivity index (χ4v) is 2.72. The normalized spacial score (nSPS) is 11.5. The summed E-state index contributed by atoms with van der Waals surface area (Å²) in [7, 11) is 3.85. The van der Waals surface area contributed by atoms with Crippen LogP contribution < -0.4 is 0 Å². The topological polar surface area (TPSA) is 67.7 Å².